The maximum atomic E-state index is 5.59. The molecule has 0 aromatic carbocycles. The Hall–Kier alpha value is -0.570. The van der Waals surface area contributed by atoms with Gasteiger partial charge in [-0.05, 0) is 19.3 Å². The van der Waals surface area contributed by atoms with Crippen LogP contribution >= 0.6 is 0 Å². The smallest absolute Gasteiger partial charge is 0.111 e. The van der Waals surface area contributed by atoms with Gasteiger partial charge in [-0.1, -0.05) is 58.3 Å². The van der Waals surface area contributed by atoms with E-state index >= 15 is 0 Å². The van der Waals surface area contributed by atoms with Crippen LogP contribution in [0.4, 0.5) is 0 Å². The lowest BCUT2D eigenvalue weighted by molar-refractivity contribution is 0.577. The van der Waals surface area contributed by atoms with Crippen molar-refractivity contribution < 1.29 is 0 Å². The van der Waals surface area contributed by atoms with Crippen LogP contribution in [0.5, 0.6) is 0 Å². The molecule has 0 radical (unpaired) electrons. The number of nitrogens with two attached hydrogens (primary N) is 1. The third kappa shape index (κ3) is 7.00. The van der Waals surface area contributed by atoms with Crippen LogP contribution in [0.3, 0.4) is 0 Å². The van der Waals surface area contributed by atoms with Gasteiger partial charge in [0.2, 0.25) is 0 Å². The molecule has 3 N–H and O–H groups in total. The predicted molar refractivity (Wildman–Crippen MR) is 79.6 cm³/mol. The van der Waals surface area contributed by atoms with Crippen LogP contribution in [0.25, 0.3) is 0 Å². The average Bonchev–Trinajstić information content (AvgIpc) is 2.65. The fourth-order valence-electron chi connectivity index (χ4n) is 2.68. The SMILES string of the molecule is CCCCCCCC(=NC1CCCCCC1)NN. The van der Waals surface area contributed by atoms with Crippen LogP contribution in [0.2, 0.25) is 0 Å². The Morgan fingerprint density at radius 2 is 1.72 bits per heavy atom. The highest BCUT2D eigenvalue weighted by Gasteiger charge is 2.11. The van der Waals surface area contributed by atoms with Crippen molar-refractivity contribution in [1.29, 1.82) is 0 Å². The molecule has 18 heavy (non-hydrogen) atoms. The van der Waals surface area contributed by atoms with Gasteiger partial charge in [0, 0.05) is 6.42 Å². The second kappa shape index (κ2) is 10.4. The van der Waals surface area contributed by atoms with E-state index in [0.717, 1.165) is 12.3 Å². The molecule has 106 valence electrons. The highest BCUT2D eigenvalue weighted by Crippen LogP contribution is 2.20. The van der Waals surface area contributed by atoms with Crippen LogP contribution in [0, 0.1) is 0 Å². The molecular weight excluding hydrogens is 222 g/mol. The second-order valence-electron chi connectivity index (χ2n) is 5.53. The minimum Gasteiger partial charge on any atom is -0.312 e. The predicted octanol–water partition coefficient (Wildman–Crippen LogP) is 3.93. The van der Waals surface area contributed by atoms with Crippen molar-refractivity contribution in [2.75, 3.05) is 0 Å². The topological polar surface area (TPSA) is 50.4 Å². The van der Waals surface area contributed by atoms with Crippen molar-refractivity contribution >= 4 is 5.84 Å². The first kappa shape index (κ1) is 15.5. The van der Waals surface area contributed by atoms with Gasteiger partial charge in [0.25, 0.3) is 0 Å². The molecule has 0 spiro atoms. The normalized spacial score (nSPS) is 18.7. The number of nitrogens with one attached hydrogen (secondary N) is 1. The molecule has 0 aliphatic heterocycles. The molecule has 0 amide bonds. The largest absolute Gasteiger partial charge is 0.312 e. The molecule has 0 saturated heterocycles. The highest BCUT2D eigenvalue weighted by atomic mass is 15.3. The van der Waals surface area contributed by atoms with Crippen molar-refractivity contribution in [3.05, 3.63) is 0 Å². The number of aliphatic imine (C=N–C) groups is 1. The van der Waals surface area contributed by atoms with Gasteiger partial charge < -0.3 is 5.43 Å². The van der Waals surface area contributed by atoms with E-state index in [1.807, 2.05) is 0 Å². The number of hydrogen-bond acceptors (Lipinski definition) is 2. The highest BCUT2D eigenvalue weighted by molar-refractivity contribution is 5.81. The van der Waals surface area contributed by atoms with Gasteiger partial charge in [-0.25, -0.2) is 5.84 Å². The molecule has 0 aromatic heterocycles. The zero-order valence-corrected chi connectivity index (χ0v) is 12.1. The lowest BCUT2D eigenvalue weighted by Crippen LogP contribution is -2.31. The molecular formula is C15H31N3. The number of rotatable bonds is 7. The minimum atomic E-state index is 0.522. The molecule has 1 fully saturated rings. The maximum Gasteiger partial charge on any atom is 0.111 e. The summed E-state index contributed by atoms with van der Waals surface area (Å²) in [6.07, 6.45) is 15.5. The van der Waals surface area contributed by atoms with Gasteiger partial charge in [-0.2, -0.15) is 0 Å². The molecule has 0 aromatic rings. The summed E-state index contributed by atoms with van der Waals surface area (Å²) < 4.78 is 0. The molecule has 0 bridgehead atoms. The van der Waals surface area contributed by atoms with Gasteiger partial charge in [0.05, 0.1) is 6.04 Å². The van der Waals surface area contributed by atoms with Crippen molar-refractivity contribution in [3.63, 3.8) is 0 Å². The Morgan fingerprint density at radius 3 is 2.33 bits per heavy atom. The Bertz CT molecular complexity index is 218. The molecule has 0 unspecified atom stereocenters. The van der Waals surface area contributed by atoms with Crippen LogP contribution < -0.4 is 11.3 Å². The summed E-state index contributed by atoms with van der Waals surface area (Å²) in [5, 5.41) is 0. The summed E-state index contributed by atoms with van der Waals surface area (Å²) in [4.78, 5) is 4.81. The van der Waals surface area contributed by atoms with E-state index in [-0.39, 0.29) is 0 Å². The van der Waals surface area contributed by atoms with E-state index in [0.29, 0.717) is 6.04 Å². The van der Waals surface area contributed by atoms with Crippen molar-refractivity contribution in [3.8, 4) is 0 Å². The minimum absolute atomic E-state index is 0.522. The summed E-state index contributed by atoms with van der Waals surface area (Å²) in [5.41, 5.74) is 2.81. The van der Waals surface area contributed by atoms with Gasteiger partial charge in [-0.3, -0.25) is 4.99 Å². The molecule has 0 heterocycles. The van der Waals surface area contributed by atoms with Crippen molar-refractivity contribution in [2.24, 2.45) is 10.8 Å². The molecule has 1 saturated carbocycles. The fourth-order valence-corrected chi connectivity index (χ4v) is 2.68. The van der Waals surface area contributed by atoms with E-state index in [4.69, 9.17) is 10.8 Å². The summed E-state index contributed by atoms with van der Waals surface area (Å²) in [7, 11) is 0. The monoisotopic (exact) mass is 253 g/mol. The molecule has 1 rings (SSSR count). The summed E-state index contributed by atoms with van der Waals surface area (Å²) in [6, 6.07) is 0.522. The summed E-state index contributed by atoms with van der Waals surface area (Å²) in [6.45, 7) is 2.25. The van der Waals surface area contributed by atoms with Gasteiger partial charge in [0.1, 0.15) is 5.84 Å². The molecule has 0 atom stereocenters. The van der Waals surface area contributed by atoms with Crippen LogP contribution in [-0.4, -0.2) is 11.9 Å². The number of amidine groups is 1. The van der Waals surface area contributed by atoms with Gasteiger partial charge in [-0.15, -0.1) is 0 Å². The average molecular weight is 253 g/mol. The molecule has 3 heteroatoms. The van der Waals surface area contributed by atoms with E-state index in [1.54, 1.807) is 0 Å². The summed E-state index contributed by atoms with van der Waals surface area (Å²) >= 11 is 0. The number of nitrogens with zero attached hydrogens (tertiary/aromatic N) is 1. The molecule has 1 aliphatic rings. The first-order valence-corrected chi connectivity index (χ1v) is 7.90. The lowest BCUT2D eigenvalue weighted by Gasteiger charge is -2.12. The quantitative estimate of drug-likeness (QED) is 0.180. The Kier molecular flexibility index (Phi) is 8.92. The third-order valence-electron chi connectivity index (χ3n) is 3.85. The Balaban J connectivity index is 2.24. The molecule has 3 nitrogen and oxygen atoms in total. The first-order chi connectivity index (χ1) is 8.86. The lowest BCUT2D eigenvalue weighted by atomic mass is 10.1. The first-order valence-electron chi connectivity index (χ1n) is 7.90. The van der Waals surface area contributed by atoms with E-state index in [2.05, 4.69) is 12.3 Å². The Labute approximate surface area is 113 Å². The molecule has 1 aliphatic carbocycles. The fraction of sp³-hybridized carbons (Fsp3) is 0.933. The number of hydrogen-bond donors (Lipinski definition) is 2. The maximum absolute atomic E-state index is 5.59. The summed E-state index contributed by atoms with van der Waals surface area (Å²) in [5.74, 6) is 6.62. The van der Waals surface area contributed by atoms with Gasteiger partial charge >= 0.3 is 0 Å². The standard InChI is InChI=1S/C15H31N3/c1-2-3-4-5-10-13-15(18-16)17-14-11-8-6-7-9-12-14/h14H,2-13,16H2,1H3,(H,17,18). The van der Waals surface area contributed by atoms with Gasteiger partial charge in [0.15, 0.2) is 0 Å². The second-order valence-corrected chi connectivity index (χ2v) is 5.53. The number of hydrazine groups is 1. The zero-order chi connectivity index (χ0) is 13.1. The van der Waals surface area contributed by atoms with Crippen molar-refractivity contribution in [1.82, 2.24) is 5.43 Å². The van der Waals surface area contributed by atoms with Crippen LogP contribution in [0.1, 0.15) is 84.0 Å². The van der Waals surface area contributed by atoms with E-state index < -0.39 is 0 Å². The Morgan fingerprint density at radius 1 is 1.06 bits per heavy atom. The zero-order valence-electron chi connectivity index (χ0n) is 12.1. The van der Waals surface area contributed by atoms with Crippen LogP contribution in [-0.2, 0) is 0 Å². The third-order valence-corrected chi connectivity index (χ3v) is 3.85. The van der Waals surface area contributed by atoms with Crippen LogP contribution in [0.15, 0.2) is 4.99 Å². The van der Waals surface area contributed by atoms with E-state index in [1.165, 1.54) is 70.6 Å². The van der Waals surface area contributed by atoms with E-state index in [9.17, 15) is 0 Å². The van der Waals surface area contributed by atoms with Crippen molar-refractivity contribution in [2.45, 2.75) is 90.0 Å². The number of unbranched alkanes of at least 4 members (excludes halogenated alkanes) is 4.